The molecule has 6 nitrogen and oxygen atoms in total. The Hall–Kier alpha value is -2.34. The van der Waals surface area contributed by atoms with E-state index in [9.17, 15) is 14.7 Å². The van der Waals surface area contributed by atoms with Crippen LogP contribution in [0.25, 0.3) is 5.57 Å². The molecule has 0 saturated carbocycles. The molecule has 2 N–H and O–H groups in total. The van der Waals surface area contributed by atoms with E-state index in [0.717, 1.165) is 16.8 Å². The molecule has 1 heterocycles. The van der Waals surface area contributed by atoms with E-state index in [1.54, 1.807) is 18.7 Å². The molecule has 1 aromatic rings. The summed E-state index contributed by atoms with van der Waals surface area (Å²) in [5, 5.41) is 12.1. The lowest BCUT2D eigenvalue weighted by Gasteiger charge is -2.36. The fourth-order valence-corrected chi connectivity index (χ4v) is 2.78. The number of piperazine rings is 1. The second kappa shape index (κ2) is 7.70. The Morgan fingerprint density at radius 2 is 1.80 bits per heavy atom. The first-order chi connectivity index (χ1) is 11.7. The summed E-state index contributed by atoms with van der Waals surface area (Å²) < 4.78 is 0. The summed E-state index contributed by atoms with van der Waals surface area (Å²) in [7, 11) is 0. The number of hydrogen-bond acceptors (Lipinski definition) is 4. The van der Waals surface area contributed by atoms with Crippen LogP contribution in [0.15, 0.2) is 30.8 Å². The second-order valence-electron chi connectivity index (χ2n) is 7.07. The van der Waals surface area contributed by atoms with Crippen molar-refractivity contribution in [1.82, 2.24) is 10.2 Å². The van der Waals surface area contributed by atoms with Gasteiger partial charge in [-0.3, -0.25) is 9.59 Å². The van der Waals surface area contributed by atoms with Crippen LogP contribution in [0.3, 0.4) is 0 Å². The van der Waals surface area contributed by atoms with E-state index in [4.69, 9.17) is 0 Å². The van der Waals surface area contributed by atoms with Gasteiger partial charge in [-0.15, -0.1) is 0 Å². The predicted molar refractivity (Wildman–Crippen MR) is 99.3 cm³/mol. The summed E-state index contributed by atoms with van der Waals surface area (Å²) in [5.74, 6) is -1.21. The lowest BCUT2D eigenvalue weighted by Crippen LogP contribution is -2.53. The number of benzene rings is 1. The van der Waals surface area contributed by atoms with E-state index in [0.29, 0.717) is 26.2 Å². The molecular weight excluding hydrogens is 318 g/mol. The summed E-state index contributed by atoms with van der Waals surface area (Å²) in [4.78, 5) is 27.9. The minimum absolute atomic E-state index is 0.0452. The van der Waals surface area contributed by atoms with Crippen LogP contribution >= 0.6 is 0 Å². The summed E-state index contributed by atoms with van der Waals surface area (Å²) in [6.45, 7) is 11.5. The van der Waals surface area contributed by atoms with Gasteiger partial charge < -0.3 is 20.2 Å². The molecule has 1 aromatic carbocycles. The normalized spacial score (nSPS) is 15.0. The maximum absolute atomic E-state index is 12.2. The van der Waals surface area contributed by atoms with Gasteiger partial charge in [0.15, 0.2) is 0 Å². The number of nitrogens with zero attached hydrogens (tertiary/aromatic N) is 2. The first-order valence-corrected chi connectivity index (χ1v) is 8.48. The zero-order chi connectivity index (χ0) is 18.6. The van der Waals surface area contributed by atoms with E-state index in [1.807, 2.05) is 25.1 Å². The number of hydrogen-bond donors (Lipinski definition) is 2. The quantitative estimate of drug-likeness (QED) is 0.806. The number of allylic oxidation sites excluding steroid dienone is 1. The minimum atomic E-state index is -1.04. The topological polar surface area (TPSA) is 72.9 Å². The van der Waals surface area contributed by atoms with Crippen LogP contribution in [-0.4, -0.2) is 60.1 Å². The smallest absolute Gasteiger partial charge is 0.312 e. The van der Waals surface area contributed by atoms with E-state index in [1.165, 1.54) is 0 Å². The van der Waals surface area contributed by atoms with Gasteiger partial charge in [-0.25, -0.2) is 0 Å². The van der Waals surface area contributed by atoms with Crippen molar-refractivity contribution in [2.45, 2.75) is 26.4 Å². The fraction of sp³-hybridized carbons (Fsp3) is 0.474. The van der Waals surface area contributed by atoms with Gasteiger partial charge >= 0.3 is 11.8 Å². The first-order valence-electron chi connectivity index (χ1n) is 8.48. The van der Waals surface area contributed by atoms with Crippen LogP contribution in [0.4, 0.5) is 5.69 Å². The van der Waals surface area contributed by atoms with Gasteiger partial charge in [-0.05, 0) is 32.4 Å². The van der Waals surface area contributed by atoms with Crippen molar-refractivity contribution in [2.75, 3.05) is 37.6 Å². The van der Waals surface area contributed by atoms with E-state index in [2.05, 4.69) is 22.9 Å². The number of nitrogens with one attached hydrogen (secondary N) is 1. The summed E-state index contributed by atoms with van der Waals surface area (Å²) in [6, 6.07) is 8.07. The van der Waals surface area contributed by atoms with Crippen molar-refractivity contribution in [1.29, 1.82) is 0 Å². The summed E-state index contributed by atoms with van der Waals surface area (Å²) >= 11 is 0. The third kappa shape index (κ3) is 5.06. The maximum Gasteiger partial charge on any atom is 0.312 e. The molecule has 136 valence electrons. The third-order valence-corrected chi connectivity index (χ3v) is 4.15. The molecule has 0 bridgehead atoms. The Morgan fingerprint density at radius 1 is 1.20 bits per heavy atom. The zero-order valence-corrected chi connectivity index (χ0v) is 15.2. The molecule has 0 radical (unpaired) electrons. The van der Waals surface area contributed by atoms with Crippen molar-refractivity contribution >= 4 is 23.1 Å². The Kier molecular flexibility index (Phi) is 5.85. The van der Waals surface area contributed by atoms with Crippen LogP contribution in [0.2, 0.25) is 0 Å². The van der Waals surface area contributed by atoms with Crippen LogP contribution in [0, 0.1) is 0 Å². The van der Waals surface area contributed by atoms with Crippen LogP contribution < -0.4 is 10.2 Å². The molecule has 0 atom stereocenters. The van der Waals surface area contributed by atoms with Crippen LogP contribution in [-0.2, 0) is 9.59 Å². The average Bonchev–Trinajstić information content (AvgIpc) is 2.58. The SMILES string of the molecule is C=C(C)c1ccccc1N1CCN(C(=O)C(=O)NCC(C)(C)O)CC1. The molecule has 1 fully saturated rings. The van der Waals surface area contributed by atoms with Gasteiger partial charge in [0.25, 0.3) is 0 Å². The highest BCUT2D eigenvalue weighted by Gasteiger charge is 2.27. The molecule has 1 aliphatic rings. The van der Waals surface area contributed by atoms with Gasteiger partial charge in [-0.1, -0.05) is 24.8 Å². The van der Waals surface area contributed by atoms with Gasteiger partial charge in [0.2, 0.25) is 0 Å². The fourth-order valence-electron chi connectivity index (χ4n) is 2.78. The Bertz CT molecular complexity index is 656. The number of carbonyl (C=O) groups excluding carboxylic acids is 2. The molecule has 2 rings (SSSR count). The van der Waals surface area contributed by atoms with Crippen LogP contribution in [0.5, 0.6) is 0 Å². The highest BCUT2D eigenvalue weighted by atomic mass is 16.3. The Labute approximate surface area is 149 Å². The Morgan fingerprint density at radius 3 is 2.36 bits per heavy atom. The van der Waals surface area contributed by atoms with E-state index in [-0.39, 0.29) is 6.54 Å². The maximum atomic E-state index is 12.2. The first kappa shape index (κ1) is 19.0. The van der Waals surface area contributed by atoms with Crippen molar-refractivity contribution in [3.05, 3.63) is 36.4 Å². The number of aliphatic hydroxyl groups is 1. The standard InChI is InChI=1S/C19H27N3O3/c1-14(2)15-7-5-6-8-16(15)21-9-11-22(12-10-21)18(24)17(23)20-13-19(3,4)25/h5-8,25H,1,9-13H2,2-4H3,(H,20,23). The van der Waals surface area contributed by atoms with Crippen molar-refractivity contribution in [3.8, 4) is 0 Å². The molecule has 2 amide bonds. The number of para-hydroxylation sites is 1. The lowest BCUT2D eigenvalue weighted by molar-refractivity contribution is -0.146. The summed E-state index contributed by atoms with van der Waals surface area (Å²) in [6.07, 6.45) is 0. The molecular formula is C19H27N3O3. The number of amides is 2. The number of carbonyl (C=O) groups is 2. The lowest BCUT2D eigenvalue weighted by atomic mass is 10.1. The van der Waals surface area contributed by atoms with Gasteiger partial charge in [0, 0.05) is 44.0 Å². The van der Waals surface area contributed by atoms with E-state index >= 15 is 0 Å². The highest BCUT2D eigenvalue weighted by Crippen LogP contribution is 2.26. The number of anilines is 1. The van der Waals surface area contributed by atoms with Crippen molar-refractivity contribution < 1.29 is 14.7 Å². The van der Waals surface area contributed by atoms with Gasteiger partial charge in [-0.2, -0.15) is 0 Å². The molecule has 6 heteroatoms. The number of rotatable bonds is 4. The average molecular weight is 345 g/mol. The van der Waals surface area contributed by atoms with Crippen molar-refractivity contribution in [2.24, 2.45) is 0 Å². The zero-order valence-electron chi connectivity index (χ0n) is 15.2. The monoisotopic (exact) mass is 345 g/mol. The summed E-state index contributed by atoms with van der Waals surface area (Å²) in [5.41, 5.74) is 2.17. The molecule has 1 saturated heterocycles. The largest absolute Gasteiger partial charge is 0.389 e. The predicted octanol–water partition coefficient (Wildman–Crippen LogP) is 1.26. The minimum Gasteiger partial charge on any atom is -0.389 e. The second-order valence-corrected chi connectivity index (χ2v) is 7.07. The molecule has 0 spiro atoms. The molecule has 0 unspecified atom stereocenters. The molecule has 0 aromatic heterocycles. The van der Waals surface area contributed by atoms with Crippen molar-refractivity contribution in [3.63, 3.8) is 0 Å². The van der Waals surface area contributed by atoms with Crippen LogP contribution in [0.1, 0.15) is 26.3 Å². The molecule has 25 heavy (non-hydrogen) atoms. The van der Waals surface area contributed by atoms with Gasteiger partial charge in [0.1, 0.15) is 0 Å². The third-order valence-electron chi connectivity index (χ3n) is 4.15. The molecule has 1 aliphatic heterocycles. The molecule has 0 aliphatic carbocycles. The highest BCUT2D eigenvalue weighted by molar-refractivity contribution is 6.35. The van der Waals surface area contributed by atoms with E-state index < -0.39 is 17.4 Å². The Balaban J connectivity index is 1.94. The van der Waals surface area contributed by atoms with Gasteiger partial charge in [0.05, 0.1) is 5.60 Å².